The van der Waals surface area contributed by atoms with Crippen LogP contribution >= 0.6 is 0 Å². The summed E-state index contributed by atoms with van der Waals surface area (Å²) >= 11 is 0. The number of ether oxygens (including phenoxy) is 3. The van der Waals surface area contributed by atoms with Crippen molar-refractivity contribution in [1.82, 2.24) is 5.32 Å². The van der Waals surface area contributed by atoms with Gasteiger partial charge in [-0.05, 0) is 29.8 Å². The highest BCUT2D eigenvalue weighted by molar-refractivity contribution is 5.98. The van der Waals surface area contributed by atoms with Gasteiger partial charge in [0.2, 0.25) is 12.0 Å². The highest BCUT2D eigenvalue weighted by Gasteiger charge is 2.31. The van der Waals surface area contributed by atoms with Crippen molar-refractivity contribution in [2.75, 3.05) is 19.0 Å². The Morgan fingerprint density at radius 1 is 1.00 bits per heavy atom. The minimum absolute atomic E-state index is 0.0679. The van der Waals surface area contributed by atoms with Gasteiger partial charge in [0, 0.05) is 18.2 Å². The van der Waals surface area contributed by atoms with E-state index in [-0.39, 0.29) is 12.5 Å². The van der Waals surface area contributed by atoms with Crippen LogP contribution in [0.5, 0.6) is 17.2 Å². The molecule has 164 valence electrons. The van der Waals surface area contributed by atoms with Gasteiger partial charge in [0.1, 0.15) is 18.4 Å². The molecule has 0 unspecified atom stereocenters. The molecule has 2 atom stereocenters. The Kier molecular flexibility index (Phi) is 6.55. The molecule has 0 bridgehead atoms. The maximum Gasteiger partial charge on any atom is 0.265 e. The molecule has 1 aliphatic heterocycles. The minimum atomic E-state index is -0.854. The summed E-state index contributed by atoms with van der Waals surface area (Å²) in [6, 6.07) is 22.9. The van der Waals surface area contributed by atoms with Crippen LogP contribution in [0.3, 0.4) is 0 Å². The third-order valence-corrected chi connectivity index (χ3v) is 5.05. The van der Waals surface area contributed by atoms with Gasteiger partial charge in [0.25, 0.3) is 5.91 Å². The molecule has 32 heavy (non-hydrogen) atoms. The first-order chi connectivity index (χ1) is 15.6. The summed E-state index contributed by atoms with van der Waals surface area (Å²) in [7, 11) is 1.56. The summed E-state index contributed by atoms with van der Waals surface area (Å²) in [5.74, 6) is 0.958. The lowest BCUT2D eigenvalue weighted by Crippen LogP contribution is -2.52. The lowest BCUT2D eigenvalue weighted by molar-refractivity contribution is -0.133. The van der Waals surface area contributed by atoms with E-state index in [1.165, 1.54) is 0 Å². The van der Waals surface area contributed by atoms with Crippen molar-refractivity contribution >= 4 is 17.5 Å². The summed E-state index contributed by atoms with van der Waals surface area (Å²) in [6.07, 6.45) is -0.528. The topological polar surface area (TPSA) is 85.9 Å². The van der Waals surface area contributed by atoms with Crippen molar-refractivity contribution in [1.29, 1.82) is 0 Å². The number of fused-ring (bicyclic) bond motifs is 1. The summed E-state index contributed by atoms with van der Waals surface area (Å²) < 4.78 is 16.6. The van der Waals surface area contributed by atoms with Crippen LogP contribution in [0.4, 0.5) is 5.69 Å². The number of nitrogens with one attached hydrogen (secondary N) is 2. The number of hydrogen-bond acceptors (Lipinski definition) is 5. The number of carbonyl (C=O) groups excluding carboxylic acids is 2. The van der Waals surface area contributed by atoms with Crippen molar-refractivity contribution in [3.8, 4) is 17.2 Å². The van der Waals surface area contributed by atoms with E-state index in [2.05, 4.69) is 10.6 Å². The molecule has 7 heteroatoms. The first kappa shape index (κ1) is 21.2. The second-order valence-electron chi connectivity index (χ2n) is 7.34. The molecule has 0 radical (unpaired) electrons. The maximum atomic E-state index is 13.1. The van der Waals surface area contributed by atoms with E-state index in [1.807, 2.05) is 42.5 Å². The van der Waals surface area contributed by atoms with Gasteiger partial charge in [0.05, 0.1) is 7.11 Å². The minimum Gasteiger partial charge on any atom is -0.497 e. The van der Waals surface area contributed by atoms with Gasteiger partial charge in [-0.1, -0.05) is 48.5 Å². The van der Waals surface area contributed by atoms with E-state index in [9.17, 15) is 9.59 Å². The van der Waals surface area contributed by atoms with E-state index in [0.29, 0.717) is 29.4 Å². The van der Waals surface area contributed by atoms with Gasteiger partial charge in [-0.25, -0.2) is 0 Å². The molecule has 0 spiro atoms. The quantitative estimate of drug-likeness (QED) is 0.599. The van der Waals surface area contributed by atoms with Crippen LogP contribution < -0.4 is 24.8 Å². The molecule has 0 aromatic heterocycles. The van der Waals surface area contributed by atoms with E-state index in [4.69, 9.17) is 14.2 Å². The zero-order valence-electron chi connectivity index (χ0n) is 17.6. The van der Waals surface area contributed by atoms with E-state index < -0.39 is 18.1 Å². The van der Waals surface area contributed by atoms with Gasteiger partial charge >= 0.3 is 0 Å². The zero-order chi connectivity index (χ0) is 22.3. The van der Waals surface area contributed by atoms with Crippen molar-refractivity contribution in [3.63, 3.8) is 0 Å². The maximum absolute atomic E-state index is 13.1. The number of carbonyl (C=O) groups is 2. The molecule has 3 aromatic carbocycles. The van der Waals surface area contributed by atoms with Crippen LogP contribution in [0.25, 0.3) is 0 Å². The average molecular weight is 432 g/mol. The van der Waals surface area contributed by atoms with E-state index >= 15 is 0 Å². The number of rotatable bonds is 7. The highest BCUT2D eigenvalue weighted by Crippen LogP contribution is 2.31. The smallest absolute Gasteiger partial charge is 0.265 e. The Labute approximate surface area is 186 Å². The number of methoxy groups -OCH3 is 1. The largest absolute Gasteiger partial charge is 0.497 e. The van der Waals surface area contributed by atoms with Gasteiger partial charge in [-0.3, -0.25) is 9.59 Å². The first-order valence-electron chi connectivity index (χ1n) is 10.3. The molecule has 2 amide bonds. The van der Waals surface area contributed by atoms with Crippen LogP contribution in [0.1, 0.15) is 5.56 Å². The summed E-state index contributed by atoms with van der Waals surface area (Å²) in [5, 5.41) is 5.68. The fraction of sp³-hybridized carbons (Fsp3) is 0.200. The predicted octanol–water partition coefficient (Wildman–Crippen LogP) is 3.20. The summed E-state index contributed by atoms with van der Waals surface area (Å²) in [4.78, 5) is 26.0. The Balaban J connectivity index is 1.48. The Hall–Kier alpha value is -4.00. The summed E-state index contributed by atoms with van der Waals surface area (Å²) in [5.41, 5.74) is 1.50. The standard InChI is InChI=1S/C25H24N2O5/c1-30-19-11-7-10-18(15-19)26-24(28)20(14-17-8-3-2-4-9-17)27-25(29)23-16-31-21-12-5-6-13-22(21)32-23/h2-13,15,20,23H,14,16H2,1H3,(H,26,28)(H,27,29)/t20-,23-/m0/s1. The van der Waals surface area contributed by atoms with Crippen molar-refractivity contribution in [2.45, 2.75) is 18.6 Å². The molecule has 0 fully saturated rings. The van der Waals surface area contributed by atoms with Gasteiger partial charge in [-0.15, -0.1) is 0 Å². The molecule has 1 aliphatic rings. The van der Waals surface area contributed by atoms with E-state index in [1.54, 1.807) is 43.5 Å². The number of para-hydroxylation sites is 2. The number of amides is 2. The average Bonchev–Trinajstić information content (AvgIpc) is 2.84. The van der Waals surface area contributed by atoms with Crippen LogP contribution in [-0.4, -0.2) is 37.7 Å². The fourth-order valence-corrected chi connectivity index (χ4v) is 3.40. The number of hydrogen-bond donors (Lipinski definition) is 2. The molecule has 3 aromatic rings. The Morgan fingerprint density at radius 2 is 1.75 bits per heavy atom. The molecular weight excluding hydrogens is 408 g/mol. The molecular formula is C25H24N2O5. The van der Waals surface area contributed by atoms with Gasteiger partial charge in [-0.2, -0.15) is 0 Å². The zero-order valence-corrected chi connectivity index (χ0v) is 17.6. The van der Waals surface area contributed by atoms with Crippen molar-refractivity contribution in [2.24, 2.45) is 0 Å². The lowest BCUT2D eigenvalue weighted by Gasteiger charge is -2.27. The highest BCUT2D eigenvalue weighted by atomic mass is 16.6. The second kappa shape index (κ2) is 9.87. The first-order valence-corrected chi connectivity index (χ1v) is 10.3. The number of anilines is 1. The normalized spacial score (nSPS) is 15.3. The lowest BCUT2D eigenvalue weighted by atomic mass is 10.0. The Bertz CT molecular complexity index is 1090. The van der Waals surface area contributed by atoms with E-state index in [0.717, 1.165) is 5.56 Å². The van der Waals surface area contributed by atoms with Gasteiger partial charge in [0.15, 0.2) is 11.5 Å². The molecule has 0 saturated heterocycles. The second-order valence-corrected chi connectivity index (χ2v) is 7.34. The fourth-order valence-electron chi connectivity index (χ4n) is 3.40. The molecule has 1 heterocycles. The molecule has 7 nitrogen and oxygen atoms in total. The third kappa shape index (κ3) is 5.18. The third-order valence-electron chi connectivity index (χ3n) is 5.05. The van der Waals surface area contributed by atoms with Crippen LogP contribution in [0.2, 0.25) is 0 Å². The van der Waals surface area contributed by atoms with Crippen LogP contribution in [0.15, 0.2) is 78.9 Å². The SMILES string of the molecule is COc1cccc(NC(=O)[C@H](Cc2ccccc2)NC(=O)[C@@H]2COc3ccccc3O2)c1. The van der Waals surface area contributed by atoms with Crippen LogP contribution in [-0.2, 0) is 16.0 Å². The number of benzene rings is 3. The van der Waals surface area contributed by atoms with Crippen molar-refractivity contribution in [3.05, 3.63) is 84.4 Å². The summed E-state index contributed by atoms with van der Waals surface area (Å²) in [6.45, 7) is 0.0679. The molecule has 4 rings (SSSR count). The van der Waals surface area contributed by atoms with Crippen molar-refractivity contribution < 1.29 is 23.8 Å². The molecule has 0 aliphatic carbocycles. The predicted molar refractivity (Wildman–Crippen MR) is 120 cm³/mol. The molecule has 0 saturated carbocycles. The van der Waals surface area contributed by atoms with Crippen LogP contribution in [0, 0.1) is 0 Å². The monoisotopic (exact) mass is 432 g/mol. The van der Waals surface area contributed by atoms with Gasteiger partial charge < -0.3 is 24.8 Å². The Morgan fingerprint density at radius 3 is 2.53 bits per heavy atom. The molecule has 2 N–H and O–H groups in total.